The molecule has 4 N–H and O–H groups in total. The number of hydrogen-bond acceptors (Lipinski definition) is 6. The minimum atomic E-state index is -0.694. The Kier molecular flexibility index (Phi) is 5.87. The molecule has 0 saturated carbocycles. The Balaban J connectivity index is 2.01. The molecule has 0 fully saturated rings. The Labute approximate surface area is 166 Å². The van der Waals surface area contributed by atoms with Gasteiger partial charge in [-0.05, 0) is 31.2 Å². The standard InChI is InChI=1S/C20H18N4O3S/c1-12-17(19(26)24-13-6-3-2-4-7-13)18(15-8-5-9-27-15)14(10-21)20(23-12)28-11-16(22)25/h2-9,18,23H,11H2,1H3,(H2,22,25)(H,24,26)/t18-/m0/s1. The monoisotopic (exact) mass is 394 g/mol. The van der Waals surface area contributed by atoms with Gasteiger partial charge in [-0.25, -0.2) is 0 Å². The maximum absolute atomic E-state index is 13.1. The van der Waals surface area contributed by atoms with E-state index in [-0.39, 0.29) is 11.7 Å². The van der Waals surface area contributed by atoms with Gasteiger partial charge in [-0.2, -0.15) is 5.26 Å². The van der Waals surface area contributed by atoms with Gasteiger partial charge in [-0.1, -0.05) is 30.0 Å². The third-order valence-corrected chi connectivity index (χ3v) is 5.15. The summed E-state index contributed by atoms with van der Waals surface area (Å²) in [4.78, 5) is 24.2. The number of carbonyl (C=O) groups is 2. The predicted molar refractivity (Wildman–Crippen MR) is 107 cm³/mol. The molecule has 8 heteroatoms. The zero-order valence-corrected chi connectivity index (χ0v) is 15.9. The number of anilines is 1. The van der Waals surface area contributed by atoms with Gasteiger partial charge >= 0.3 is 0 Å². The molecule has 1 aliphatic heterocycles. The van der Waals surface area contributed by atoms with Gasteiger partial charge < -0.3 is 20.8 Å². The second-order valence-corrected chi connectivity index (χ2v) is 7.03. The second-order valence-electron chi connectivity index (χ2n) is 6.04. The summed E-state index contributed by atoms with van der Waals surface area (Å²) in [6.07, 6.45) is 1.49. The van der Waals surface area contributed by atoms with E-state index in [1.165, 1.54) is 6.26 Å². The third-order valence-electron chi connectivity index (χ3n) is 4.11. The summed E-state index contributed by atoms with van der Waals surface area (Å²) >= 11 is 1.12. The molecule has 0 bridgehead atoms. The fourth-order valence-electron chi connectivity index (χ4n) is 2.93. The van der Waals surface area contributed by atoms with E-state index in [1.807, 2.05) is 18.2 Å². The lowest BCUT2D eigenvalue weighted by molar-refractivity contribution is -0.115. The van der Waals surface area contributed by atoms with Crippen LogP contribution in [0.5, 0.6) is 0 Å². The fourth-order valence-corrected chi connectivity index (χ4v) is 3.76. The molecule has 0 spiro atoms. The van der Waals surface area contributed by atoms with Crippen LogP contribution < -0.4 is 16.4 Å². The number of rotatable bonds is 6. The first-order valence-corrected chi connectivity index (χ1v) is 9.42. The van der Waals surface area contributed by atoms with Crippen molar-refractivity contribution in [1.29, 1.82) is 5.26 Å². The Morgan fingerprint density at radius 2 is 2.04 bits per heavy atom. The number of furan rings is 1. The van der Waals surface area contributed by atoms with Gasteiger partial charge in [0.2, 0.25) is 5.91 Å². The summed E-state index contributed by atoms with van der Waals surface area (Å²) in [5.74, 6) is -1.06. The van der Waals surface area contributed by atoms with E-state index in [9.17, 15) is 14.9 Å². The molecule has 2 aromatic rings. The molecule has 0 saturated heterocycles. The van der Waals surface area contributed by atoms with Crippen LogP contribution in [0.4, 0.5) is 5.69 Å². The lowest BCUT2D eigenvalue weighted by Gasteiger charge is -2.28. The number of allylic oxidation sites excluding steroid dienone is 2. The van der Waals surface area contributed by atoms with Crippen molar-refractivity contribution in [3.05, 3.63) is 76.4 Å². The van der Waals surface area contributed by atoms with Gasteiger partial charge in [0.25, 0.3) is 5.91 Å². The van der Waals surface area contributed by atoms with Gasteiger partial charge in [0.1, 0.15) is 5.76 Å². The average Bonchev–Trinajstić information content (AvgIpc) is 3.20. The van der Waals surface area contributed by atoms with Crippen molar-refractivity contribution in [3.8, 4) is 6.07 Å². The van der Waals surface area contributed by atoms with Crippen LogP contribution in [0.15, 0.2) is 75.0 Å². The van der Waals surface area contributed by atoms with Crippen LogP contribution in [-0.4, -0.2) is 17.6 Å². The summed E-state index contributed by atoms with van der Waals surface area (Å²) in [5.41, 5.74) is 7.12. The predicted octanol–water partition coefficient (Wildman–Crippen LogP) is 2.83. The molecule has 1 aromatic carbocycles. The SMILES string of the molecule is CC1=C(C(=O)Nc2ccccc2)[C@H](c2ccco2)C(C#N)=C(SCC(N)=O)N1. The highest BCUT2D eigenvalue weighted by Crippen LogP contribution is 2.41. The molecular weight excluding hydrogens is 376 g/mol. The number of carbonyl (C=O) groups excluding carboxylic acids is 2. The maximum Gasteiger partial charge on any atom is 0.254 e. The highest BCUT2D eigenvalue weighted by Gasteiger charge is 2.36. The van der Waals surface area contributed by atoms with E-state index in [0.717, 1.165) is 11.8 Å². The van der Waals surface area contributed by atoms with Crippen molar-refractivity contribution in [3.63, 3.8) is 0 Å². The first-order valence-electron chi connectivity index (χ1n) is 8.44. The van der Waals surface area contributed by atoms with Gasteiger partial charge in [0.15, 0.2) is 0 Å². The van der Waals surface area contributed by atoms with Crippen molar-refractivity contribution >= 4 is 29.3 Å². The number of nitrogens with two attached hydrogens (primary N) is 1. The number of para-hydroxylation sites is 1. The Morgan fingerprint density at radius 3 is 2.64 bits per heavy atom. The molecule has 142 valence electrons. The van der Waals surface area contributed by atoms with E-state index in [0.29, 0.717) is 33.3 Å². The van der Waals surface area contributed by atoms with Crippen molar-refractivity contribution in [1.82, 2.24) is 5.32 Å². The van der Waals surface area contributed by atoms with Gasteiger partial charge in [0, 0.05) is 11.4 Å². The summed E-state index contributed by atoms with van der Waals surface area (Å²) in [7, 11) is 0. The van der Waals surface area contributed by atoms with E-state index >= 15 is 0 Å². The van der Waals surface area contributed by atoms with Crippen molar-refractivity contribution in [2.24, 2.45) is 5.73 Å². The summed E-state index contributed by atoms with van der Waals surface area (Å²) in [6.45, 7) is 1.74. The summed E-state index contributed by atoms with van der Waals surface area (Å²) in [6, 6.07) is 14.6. The lowest BCUT2D eigenvalue weighted by Crippen LogP contribution is -2.31. The molecular formula is C20H18N4O3S. The zero-order valence-electron chi connectivity index (χ0n) is 15.1. The second kappa shape index (κ2) is 8.50. The molecule has 0 aliphatic carbocycles. The molecule has 1 aliphatic rings. The van der Waals surface area contributed by atoms with E-state index in [1.54, 1.807) is 31.2 Å². The van der Waals surface area contributed by atoms with Gasteiger partial charge in [-0.15, -0.1) is 0 Å². The molecule has 2 amide bonds. The average molecular weight is 394 g/mol. The minimum Gasteiger partial charge on any atom is -0.468 e. The number of nitriles is 1. The zero-order chi connectivity index (χ0) is 20.1. The highest BCUT2D eigenvalue weighted by molar-refractivity contribution is 8.03. The maximum atomic E-state index is 13.1. The van der Waals surface area contributed by atoms with Crippen LogP contribution in [-0.2, 0) is 9.59 Å². The number of thioether (sulfide) groups is 1. The van der Waals surface area contributed by atoms with Crippen LogP contribution in [0.3, 0.4) is 0 Å². The molecule has 1 atom stereocenters. The van der Waals surface area contributed by atoms with Crippen molar-refractivity contribution in [2.75, 3.05) is 11.1 Å². The number of amides is 2. The number of hydrogen-bond donors (Lipinski definition) is 3. The molecule has 0 unspecified atom stereocenters. The molecule has 1 aromatic heterocycles. The Hall–Kier alpha value is -3.44. The van der Waals surface area contributed by atoms with Crippen molar-refractivity contribution in [2.45, 2.75) is 12.8 Å². The van der Waals surface area contributed by atoms with Crippen LogP contribution in [0, 0.1) is 11.3 Å². The first-order chi connectivity index (χ1) is 13.5. The summed E-state index contributed by atoms with van der Waals surface area (Å²) in [5, 5.41) is 16.2. The van der Waals surface area contributed by atoms with E-state index in [4.69, 9.17) is 10.2 Å². The normalized spacial score (nSPS) is 16.4. The Morgan fingerprint density at radius 1 is 1.29 bits per heavy atom. The molecule has 7 nitrogen and oxygen atoms in total. The lowest BCUT2D eigenvalue weighted by atomic mass is 9.85. The van der Waals surface area contributed by atoms with Crippen LogP contribution >= 0.6 is 11.8 Å². The van der Waals surface area contributed by atoms with Crippen molar-refractivity contribution < 1.29 is 14.0 Å². The van der Waals surface area contributed by atoms with Crippen LogP contribution in [0.2, 0.25) is 0 Å². The van der Waals surface area contributed by atoms with E-state index < -0.39 is 11.8 Å². The number of benzene rings is 1. The molecule has 2 heterocycles. The Bertz CT molecular complexity index is 988. The molecule has 3 rings (SSSR count). The first kappa shape index (κ1) is 19.3. The van der Waals surface area contributed by atoms with E-state index in [2.05, 4.69) is 16.7 Å². The number of primary amides is 1. The smallest absolute Gasteiger partial charge is 0.254 e. The number of nitrogens with one attached hydrogen (secondary N) is 2. The molecule has 28 heavy (non-hydrogen) atoms. The minimum absolute atomic E-state index is 0.0111. The summed E-state index contributed by atoms with van der Waals surface area (Å²) < 4.78 is 5.53. The molecule has 0 radical (unpaired) electrons. The number of dihydropyridines is 1. The van der Waals surface area contributed by atoms with Crippen LogP contribution in [0.25, 0.3) is 0 Å². The van der Waals surface area contributed by atoms with Crippen LogP contribution in [0.1, 0.15) is 18.6 Å². The van der Waals surface area contributed by atoms with Gasteiger partial charge in [0.05, 0.1) is 40.2 Å². The largest absolute Gasteiger partial charge is 0.468 e. The highest BCUT2D eigenvalue weighted by atomic mass is 32.2. The third kappa shape index (κ3) is 4.10. The topological polar surface area (TPSA) is 121 Å². The van der Waals surface area contributed by atoms with Gasteiger partial charge in [-0.3, -0.25) is 9.59 Å². The quantitative estimate of drug-likeness (QED) is 0.693. The fraction of sp³-hybridized carbons (Fsp3) is 0.150. The number of nitrogens with zero attached hydrogens (tertiary/aromatic N) is 1.